The van der Waals surface area contributed by atoms with E-state index in [1.165, 1.54) is 6.07 Å². The van der Waals surface area contributed by atoms with Crippen LogP contribution in [0.2, 0.25) is 5.02 Å². The van der Waals surface area contributed by atoms with E-state index in [2.05, 4.69) is 6.92 Å². The van der Waals surface area contributed by atoms with Crippen molar-refractivity contribution in [3.63, 3.8) is 0 Å². The van der Waals surface area contributed by atoms with E-state index in [0.717, 1.165) is 11.3 Å². The van der Waals surface area contributed by atoms with Gasteiger partial charge in [-0.3, -0.25) is 0 Å². The van der Waals surface area contributed by atoms with E-state index in [9.17, 15) is 4.39 Å². The molecule has 0 aliphatic carbocycles. The van der Waals surface area contributed by atoms with Crippen LogP contribution in [0.1, 0.15) is 37.1 Å². The molecule has 0 aromatic heterocycles. The number of halogens is 2. The Balaban J connectivity index is 2.37. The summed E-state index contributed by atoms with van der Waals surface area (Å²) in [5.74, 6) is -0.266. The van der Waals surface area contributed by atoms with E-state index in [1.54, 1.807) is 13.0 Å². The molecule has 2 rings (SSSR count). The minimum atomic E-state index is -0.360. The summed E-state index contributed by atoms with van der Waals surface area (Å²) in [5, 5.41) is 0.704. The molecule has 0 bridgehead atoms. The van der Waals surface area contributed by atoms with E-state index in [4.69, 9.17) is 17.3 Å². The van der Waals surface area contributed by atoms with Crippen molar-refractivity contribution in [2.45, 2.75) is 25.9 Å². The summed E-state index contributed by atoms with van der Waals surface area (Å²) in [7, 11) is 1.94. The van der Waals surface area contributed by atoms with E-state index in [0.29, 0.717) is 10.6 Å². The third-order valence-corrected chi connectivity index (χ3v) is 4.05. The zero-order chi connectivity index (χ0) is 15.6. The van der Waals surface area contributed by atoms with Crippen LogP contribution in [-0.2, 0) is 0 Å². The summed E-state index contributed by atoms with van der Waals surface area (Å²) in [6.07, 6.45) is 0. The standard InChI is InChI=1S/C17H20ClFN2/c1-11(20)17-15(19)5-4-6-16(17)21(3)12(2)13-7-9-14(18)10-8-13/h4-12H,20H2,1-3H3. The molecule has 0 aliphatic rings. The molecule has 2 aromatic carbocycles. The summed E-state index contributed by atoms with van der Waals surface area (Å²) in [5.41, 5.74) is 8.40. The monoisotopic (exact) mass is 306 g/mol. The number of hydrogen-bond donors (Lipinski definition) is 1. The highest BCUT2D eigenvalue weighted by molar-refractivity contribution is 6.30. The molecule has 4 heteroatoms. The van der Waals surface area contributed by atoms with Crippen LogP contribution >= 0.6 is 11.6 Å². The van der Waals surface area contributed by atoms with Crippen molar-refractivity contribution in [2.24, 2.45) is 5.73 Å². The number of nitrogens with two attached hydrogens (primary N) is 1. The van der Waals surface area contributed by atoms with Crippen molar-refractivity contribution >= 4 is 17.3 Å². The number of anilines is 1. The molecule has 0 heterocycles. The predicted octanol–water partition coefficient (Wildman–Crippen LogP) is 4.70. The maximum absolute atomic E-state index is 14.1. The Kier molecular flexibility index (Phi) is 4.86. The molecule has 2 aromatic rings. The van der Waals surface area contributed by atoms with Crippen LogP contribution in [0.5, 0.6) is 0 Å². The first-order chi connectivity index (χ1) is 9.91. The molecule has 2 nitrogen and oxygen atoms in total. The Labute approximate surface area is 130 Å². The van der Waals surface area contributed by atoms with Crippen molar-refractivity contribution < 1.29 is 4.39 Å². The van der Waals surface area contributed by atoms with Gasteiger partial charge in [0.25, 0.3) is 0 Å². The van der Waals surface area contributed by atoms with Crippen molar-refractivity contribution in [1.29, 1.82) is 0 Å². The van der Waals surface area contributed by atoms with Gasteiger partial charge in [-0.25, -0.2) is 4.39 Å². The Morgan fingerprint density at radius 3 is 2.29 bits per heavy atom. The lowest BCUT2D eigenvalue weighted by Crippen LogP contribution is -2.24. The Morgan fingerprint density at radius 1 is 1.10 bits per heavy atom. The molecule has 0 amide bonds. The van der Waals surface area contributed by atoms with Crippen LogP contribution in [0.25, 0.3) is 0 Å². The average Bonchev–Trinajstić information content (AvgIpc) is 2.46. The zero-order valence-electron chi connectivity index (χ0n) is 12.5. The average molecular weight is 307 g/mol. The van der Waals surface area contributed by atoms with Gasteiger partial charge in [0.15, 0.2) is 0 Å². The van der Waals surface area contributed by atoms with Crippen LogP contribution in [0, 0.1) is 5.82 Å². The quantitative estimate of drug-likeness (QED) is 0.887. The highest BCUT2D eigenvalue weighted by atomic mass is 35.5. The SMILES string of the molecule is CC(N)c1c(F)cccc1N(C)C(C)c1ccc(Cl)cc1. The second-order valence-corrected chi connectivity index (χ2v) is 5.74. The molecule has 0 fully saturated rings. The van der Waals surface area contributed by atoms with Crippen LogP contribution in [0.4, 0.5) is 10.1 Å². The smallest absolute Gasteiger partial charge is 0.130 e. The molecular formula is C17H20ClFN2. The second kappa shape index (κ2) is 6.46. The number of nitrogens with zero attached hydrogens (tertiary/aromatic N) is 1. The molecule has 0 saturated heterocycles. The molecule has 0 saturated carbocycles. The molecule has 2 atom stereocenters. The van der Waals surface area contributed by atoms with Gasteiger partial charge in [0, 0.05) is 29.4 Å². The van der Waals surface area contributed by atoms with Gasteiger partial charge in [-0.1, -0.05) is 29.8 Å². The highest BCUT2D eigenvalue weighted by Gasteiger charge is 2.19. The normalized spacial score (nSPS) is 13.8. The summed E-state index contributed by atoms with van der Waals surface area (Å²) in [4.78, 5) is 2.03. The summed E-state index contributed by atoms with van der Waals surface area (Å²) < 4.78 is 14.1. The lowest BCUT2D eigenvalue weighted by atomic mass is 10.0. The van der Waals surface area contributed by atoms with Gasteiger partial charge in [-0.15, -0.1) is 0 Å². The Morgan fingerprint density at radius 2 is 1.71 bits per heavy atom. The molecule has 2 N–H and O–H groups in total. The van der Waals surface area contributed by atoms with Gasteiger partial charge in [0.05, 0.1) is 6.04 Å². The Bertz CT molecular complexity index is 611. The minimum absolute atomic E-state index is 0.0848. The van der Waals surface area contributed by atoms with Crippen LogP contribution in [-0.4, -0.2) is 7.05 Å². The summed E-state index contributed by atoms with van der Waals surface area (Å²) in [6, 6.07) is 12.5. The van der Waals surface area contributed by atoms with Gasteiger partial charge in [0.1, 0.15) is 5.82 Å². The second-order valence-electron chi connectivity index (χ2n) is 5.30. The molecule has 0 spiro atoms. The molecule has 21 heavy (non-hydrogen) atoms. The van der Waals surface area contributed by atoms with E-state index >= 15 is 0 Å². The van der Waals surface area contributed by atoms with Gasteiger partial charge in [-0.2, -0.15) is 0 Å². The van der Waals surface area contributed by atoms with Gasteiger partial charge in [0.2, 0.25) is 0 Å². The predicted molar refractivity (Wildman–Crippen MR) is 87.3 cm³/mol. The largest absolute Gasteiger partial charge is 0.367 e. The van der Waals surface area contributed by atoms with Crippen molar-refractivity contribution in [1.82, 2.24) is 0 Å². The van der Waals surface area contributed by atoms with E-state index in [1.807, 2.05) is 42.3 Å². The first-order valence-electron chi connectivity index (χ1n) is 6.94. The zero-order valence-corrected chi connectivity index (χ0v) is 13.2. The van der Waals surface area contributed by atoms with Crippen molar-refractivity contribution in [3.05, 3.63) is 64.4 Å². The van der Waals surface area contributed by atoms with Crippen LogP contribution in [0.3, 0.4) is 0 Å². The number of hydrogen-bond acceptors (Lipinski definition) is 2. The van der Waals surface area contributed by atoms with Crippen molar-refractivity contribution in [2.75, 3.05) is 11.9 Å². The van der Waals surface area contributed by atoms with Crippen molar-refractivity contribution in [3.8, 4) is 0 Å². The van der Waals surface area contributed by atoms with Crippen LogP contribution in [0.15, 0.2) is 42.5 Å². The van der Waals surface area contributed by atoms with E-state index in [-0.39, 0.29) is 17.9 Å². The van der Waals surface area contributed by atoms with Gasteiger partial charge in [-0.05, 0) is 43.7 Å². The topological polar surface area (TPSA) is 29.3 Å². The number of rotatable bonds is 4. The van der Waals surface area contributed by atoms with Gasteiger partial charge < -0.3 is 10.6 Å². The molecular weight excluding hydrogens is 287 g/mol. The fraction of sp³-hybridized carbons (Fsp3) is 0.294. The fourth-order valence-electron chi connectivity index (χ4n) is 2.46. The first-order valence-corrected chi connectivity index (χ1v) is 7.32. The highest BCUT2D eigenvalue weighted by Crippen LogP contribution is 2.32. The first kappa shape index (κ1) is 15.8. The van der Waals surface area contributed by atoms with E-state index < -0.39 is 0 Å². The van der Waals surface area contributed by atoms with Crippen LogP contribution < -0.4 is 10.6 Å². The Hall–Kier alpha value is -1.58. The lowest BCUT2D eigenvalue weighted by molar-refractivity contribution is 0.590. The maximum atomic E-state index is 14.1. The number of benzene rings is 2. The minimum Gasteiger partial charge on any atom is -0.367 e. The fourth-order valence-corrected chi connectivity index (χ4v) is 2.58. The summed E-state index contributed by atoms with van der Waals surface area (Å²) in [6.45, 7) is 3.86. The third-order valence-electron chi connectivity index (χ3n) is 3.80. The molecule has 112 valence electrons. The van der Waals surface area contributed by atoms with Gasteiger partial charge >= 0.3 is 0 Å². The lowest BCUT2D eigenvalue weighted by Gasteiger charge is -2.30. The summed E-state index contributed by atoms with van der Waals surface area (Å²) >= 11 is 5.92. The molecule has 2 unspecified atom stereocenters. The molecule has 0 radical (unpaired) electrons. The third kappa shape index (κ3) is 3.36. The molecule has 0 aliphatic heterocycles. The maximum Gasteiger partial charge on any atom is 0.130 e.